The van der Waals surface area contributed by atoms with E-state index in [0.717, 1.165) is 43.7 Å². The lowest BCUT2D eigenvalue weighted by molar-refractivity contribution is -0.122. The SMILES string of the molecule is CCC(C(=O)Nc1cc(C)on1)N1CCCC(c2nc3ccccc3n2C(C)C)C1. The molecule has 0 bridgehead atoms. The van der Waals surface area contributed by atoms with Crippen LogP contribution >= 0.6 is 0 Å². The lowest BCUT2D eigenvalue weighted by Crippen LogP contribution is -2.48. The van der Waals surface area contributed by atoms with Gasteiger partial charge in [0.25, 0.3) is 0 Å². The summed E-state index contributed by atoms with van der Waals surface area (Å²) >= 11 is 0. The van der Waals surface area contributed by atoms with Crippen molar-refractivity contribution < 1.29 is 9.32 Å². The minimum atomic E-state index is -0.193. The summed E-state index contributed by atoms with van der Waals surface area (Å²) in [5.74, 6) is 2.59. The van der Waals surface area contributed by atoms with Crippen molar-refractivity contribution in [2.45, 2.75) is 65.0 Å². The quantitative estimate of drug-likeness (QED) is 0.648. The Morgan fingerprint density at radius 2 is 2.13 bits per heavy atom. The summed E-state index contributed by atoms with van der Waals surface area (Å²) in [6.45, 7) is 10.0. The van der Waals surface area contributed by atoms with Crippen molar-refractivity contribution in [2.24, 2.45) is 0 Å². The van der Waals surface area contributed by atoms with E-state index in [4.69, 9.17) is 9.51 Å². The summed E-state index contributed by atoms with van der Waals surface area (Å²) in [5.41, 5.74) is 2.23. The summed E-state index contributed by atoms with van der Waals surface area (Å²) in [7, 11) is 0. The number of benzene rings is 1. The number of fused-ring (bicyclic) bond motifs is 1. The van der Waals surface area contributed by atoms with Crippen LogP contribution < -0.4 is 5.32 Å². The summed E-state index contributed by atoms with van der Waals surface area (Å²) in [5, 5.41) is 6.81. The van der Waals surface area contributed by atoms with Crippen LogP contribution in [0.25, 0.3) is 11.0 Å². The fraction of sp³-hybridized carbons (Fsp3) is 0.522. The number of aromatic nitrogens is 3. The first-order valence-electron chi connectivity index (χ1n) is 10.9. The number of amides is 1. The summed E-state index contributed by atoms with van der Waals surface area (Å²) < 4.78 is 7.44. The molecule has 3 heterocycles. The molecule has 160 valence electrons. The van der Waals surface area contributed by atoms with Crippen molar-refractivity contribution in [2.75, 3.05) is 18.4 Å². The number of anilines is 1. The predicted octanol–water partition coefficient (Wildman–Crippen LogP) is 4.51. The second-order valence-corrected chi connectivity index (χ2v) is 8.49. The average Bonchev–Trinajstić information content (AvgIpc) is 3.32. The van der Waals surface area contributed by atoms with Crippen molar-refractivity contribution in [1.82, 2.24) is 19.6 Å². The summed E-state index contributed by atoms with van der Waals surface area (Å²) in [6.07, 6.45) is 2.89. The van der Waals surface area contributed by atoms with Crippen LogP contribution in [0.4, 0.5) is 5.82 Å². The Kier molecular flexibility index (Phi) is 5.90. The molecule has 2 aromatic heterocycles. The van der Waals surface area contributed by atoms with Crippen molar-refractivity contribution in [1.29, 1.82) is 0 Å². The van der Waals surface area contributed by atoms with E-state index in [-0.39, 0.29) is 11.9 Å². The predicted molar refractivity (Wildman–Crippen MR) is 118 cm³/mol. The van der Waals surface area contributed by atoms with Gasteiger partial charge in [-0.15, -0.1) is 0 Å². The number of para-hydroxylation sites is 2. The molecule has 0 aliphatic carbocycles. The number of hydrogen-bond donors (Lipinski definition) is 1. The zero-order valence-electron chi connectivity index (χ0n) is 18.3. The molecule has 4 rings (SSSR count). The maximum Gasteiger partial charge on any atom is 0.242 e. The molecule has 1 aromatic carbocycles. The number of likely N-dealkylation sites (tertiary alicyclic amines) is 1. The molecule has 0 radical (unpaired) electrons. The molecule has 2 atom stereocenters. The highest BCUT2D eigenvalue weighted by atomic mass is 16.5. The molecule has 0 spiro atoms. The normalized spacial score (nSPS) is 18.8. The van der Waals surface area contributed by atoms with E-state index in [2.05, 4.69) is 58.9 Å². The number of aryl methyl sites for hydroxylation is 1. The lowest BCUT2D eigenvalue weighted by Gasteiger charge is -2.37. The van der Waals surface area contributed by atoms with Gasteiger partial charge < -0.3 is 14.4 Å². The van der Waals surface area contributed by atoms with Gasteiger partial charge in [0.2, 0.25) is 5.91 Å². The van der Waals surface area contributed by atoms with Crippen LogP contribution in [0, 0.1) is 6.92 Å². The highest BCUT2D eigenvalue weighted by Crippen LogP contribution is 2.32. The zero-order chi connectivity index (χ0) is 21.3. The Morgan fingerprint density at radius 1 is 1.33 bits per heavy atom. The number of nitrogens with one attached hydrogen (secondary N) is 1. The van der Waals surface area contributed by atoms with E-state index in [0.29, 0.717) is 23.5 Å². The largest absolute Gasteiger partial charge is 0.360 e. The van der Waals surface area contributed by atoms with Crippen molar-refractivity contribution >= 4 is 22.8 Å². The number of rotatable bonds is 6. The maximum atomic E-state index is 13.0. The lowest BCUT2D eigenvalue weighted by atomic mass is 9.94. The van der Waals surface area contributed by atoms with Gasteiger partial charge in [0.05, 0.1) is 17.1 Å². The van der Waals surface area contributed by atoms with Crippen molar-refractivity contribution in [3.63, 3.8) is 0 Å². The minimum absolute atomic E-state index is 0.0242. The Hall–Kier alpha value is -2.67. The Bertz CT molecular complexity index is 1020. The summed E-state index contributed by atoms with van der Waals surface area (Å²) in [4.78, 5) is 20.3. The van der Waals surface area contributed by atoms with Crippen LogP contribution in [-0.4, -0.2) is 44.6 Å². The van der Waals surface area contributed by atoms with Gasteiger partial charge in [-0.2, -0.15) is 0 Å². The molecule has 1 fully saturated rings. The smallest absolute Gasteiger partial charge is 0.242 e. The van der Waals surface area contributed by atoms with Crippen LogP contribution in [0.2, 0.25) is 0 Å². The highest BCUT2D eigenvalue weighted by molar-refractivity contribution is 5.94. The van der Waals surface area contributed by atoms with E-state index in [1.165, 1.54) is 5.52 Å². The molecule has 0 saturated carbocycles. The first-order valence-corrected chi connectivity index (χ1v) is 10.9. The third kappa shape index (κ3) is 3.99. The van der Waals surface area contributed by atoms with E-state index >= 15 is 0 Å². The van der Waals surface area contributed by atoms with Gasteiger partial charge >= 0.3 is 0 Å². The number of piperidine rings is 1. The number of hydrogen-bond acceptors (Lipinski definition) is 5. The molecule has 2 unspecified atom stereocenters. The van der Waals surface area contributed by atoms with Gasteiger partial charge in [-0.25, -0.2) is 4.98 Å². The van der Waals surface area contributed by atoms with Crippen LogP contribution in [0.3, 0.4) is 0 Å². The molecule has 3 aromatic rings. The van der Waals surface area contributed by atoms with Gasteiger partial charge in [0, 0.05) is 24.6 Å². The number of carbonyl (C=O) groups excluding carboxylic acids is 1. The van der Waals surface area contributed by atoms with Crippen LogP contribution in [0.5, 0.6) is 0 Å². The Balaban J connectivity index is 1.56. The fourth-order valence-electron chi connectivity index (χ4n) is 4.64. The van der Waals surface area contributed by atoms with E-state index in [1.807, 2.05) is 13.0 Å². The molecule has 1 amide bonds. The molecule has 1 aliphatic heterocycles. The topological polar surface area (TPSA) is 76.2 Å². The fourth-order valence-corrected chi connectivity index (χ4v) is 4.64. The molecule has 7 nitrogen and oxygen atoms in total. The molecule has 1 saturated heterocycles. The van der Waals surface area contributed by atoms with Crippen LogP contribution in [0.15, 0.2) is 34.9 Å². The molecule has 30 heavy (non-hydrogen) atoms. The first-order chi connectivity index (χ1) is 14.5. The summed E-state index contributed by atoms with van der Waals surface area (Å²) in [6, 6.07) is 10.2. The van der Waals surface area contributed by atoms with Gasteiger partial charge in [0.1, 0.15) is 11.6 Å². The van der Waals surface area contributed by atoms with Crippen LogP contribution in [0.1, 0.15) is 63.6 Å². The van der Waals surface area contributed by atoms with Gasteiger partial charge in [0.15, 0.2) is 5.82 Å². The third-order valence-electron chi connectivity index (χ3n) is 5.97. The Labute approximate surface area is 177 Å². The zero-order valence-corrected chi connectivity index (χ0v) is 18.3. The van der Waals surface area contributed by atoms with Gasteiger partial charge in [-0.05, 0) is 58.7 Å². The molecular weight excluding hydrogens is 378 g/mol. The van der Waals surface area contributed by atoms with Crippen molar-refractivity contribution in [3.8, 4) is 0 Å². The molecule has 7 heteroatoms. The van der Waals surface area contributed by atoms with Gasteiger partial charge in [-0.1, -0.05) is 24.2 Å². The monoisotopic (exact) mass is 409 g/mol. The van der Waals surface area contributed by atoms with E-state index < -0.39 is 0 Å². The second kappa shape index (κ2) is 8.60. The maximum absolute atomic E-state index is 13.0. The molecular formula is C23H31N5O2. The molecule has 1 N–H and O–H groups in total. The van der Waals surface area contributed by atoms with Gasteiger partial charge in [-0.3, -0.25) is 9.69 Å². The standard InChI is InChI=1S/C23H31N5O2/c1-5-19(23(29)25-21-13-16(4)30-26-21)27-12-8-9-17(14-27)22-24-18-10-6-7-11-20(18)28(22)15(2)3/h6-7,10-11,13,15,17,19H,5,8-9,12,14H2,1-4H3,(H,25,26,29). The number of carbonyl (C=O) groups is 1. The first kappa shape index (κ1) is 20.6. The van der Waals surface area contributed by atoms with Crippen molar-refractivity contribution in [3.05, 3.63) is 41.9 Å². The molecule has 1 aliphatic rings. The van der Waals surface area contributed by atoms with E-state index in [9.17, 15) is 4.79 Å². The van der Waals surface area contributed by atoms with Crippen LogP contribution in [-0.2, 0) is 4.79 Å². The number of imidazole rings is 1. The average molecular weight is 410 g/mol. The van der Waals surface area contributed by atoms with E-state index in [1.54, 1.807) is 6.07 Å². The Morgan fingerprint density at radius 3 is 2.83 bits per heavy atom. The second-order valence-electron chi connectivity index (χ2n) is 8.49. The third-order valence-corrected chi connectivity index (χ3v) is 5.97. The highest BCUT2D eigenvalue weighted by Gasteiger charge is 2.32. The minimum Gasteiger partial charge on any atom is -0.360 e. The number of nitrogens with zero attached hydrogens (tertiary/aromatic N) is 4.